The average molecular weight is 467 g/mol. The molecule has 2 aromatic rings. The maximum atomic E-state index is 13.3. The van der Waals surface area contributed by atoms with E-state index in [9.17, 15) is 19.5 Å². The van der Waals surface area contributed by atoms with Crippen molar-refractivity contribution in [2.24, 2.45) is 5.41 Å². The van der Waals surface area contributed by atoms with Gasteiger partial charge < -0.3 is 20.1 Å². The molecular formula is C27H34N2O5. The standard InChI is InChI=1S/C27H34N2O5/c1-17(2)29(15-23(30)31)24(32)26(3,4)27(5,6)28-25(33)34-16-22-20-13-9-7-11-18(20)19-12-8-10-14-21(19)22/h7-14,17,22H,15-16H2,1-6H3,(H,28,33)(H,30,31). The lowest BCUT2D eigenvalue weighted by Gasteiger charge is -2.43. The van der Waals surface area contributed by atoms with Gasteiger partial charge >= 0.3 is 12.1 Å². The number of hydrogen-bond donors (Lipinski definition) is 2. The molecule has 0 saturated carbocycles. The summed E-state index contributed by atoms with van der Waals surface area (Å²) < 4.78 is 5.65. The summed E-state index contributed by atoms with van der Waals surface area (Å²) in [5.41, 5.74) is 2.44. The van der Waals surface area contributed by atoms with Gasteiger partial charge in [-0.05, 0) is 63.8 Å². The van der Waals surface area contributed by atoms with Crippen LogP contribution in [0.1, 0.15) is 58.6 Å². The second kappa shape index (κ2) is 9.49. The average Bonchev–Trinajstić information content (AvgIpc) is 3.08. The van der Waals surface area contributed by atoms with Crippen LogP contribution in [0, 0.1) is 5.41 Å². The van der Waals surface area contributed by atoms with Crippen molar-refractivity contribution in [3.05, 3.63) is 59.7 Å². The Balaban J connectivity index is 1.72. The van der Waals surface area contributed by atoms with Gasteiger partial charge in [0.25, 0.3) is 0 Å². The van der Waals surface area contributed by atoms with E-state index in [1.54, 1.807) is 41.5 Å². The highest BCUT2D eigenvalue weighted by Crippen LogP contribution is 2.44. The summed E-state index contributed by atoms with van der Waals surface area (Å²) in [5, 5.41) is 12.1. The van der Waals surface area contributed by atoms with Crippen LogP contribution in [0.15, 0.2) is 48.5 Å². The molecule has 0 aliphatic heterocycles. The van der Waals surface area contributed by atoms with Crippen molar-refractivity contribution in [2.75, 3.05) is 13.2 Å². The summed E-state index contributed by atoms with van der Waals surface area (Å²) in [4.78, 5) is 38.7. The number of carbonyl (C=O) groups is 3. The van der Waals surface area contributed by atoms with E-state index < -0.39 is 29.6 Å². The molecule has 0 heterocycles. The molecule has 2 N–H and O–H groups in total. The number of carboxylic acids is 1. The fraction of sp³-hybridized carbons (Fsp3) is 0.444. The third kappa shape index (κ3) is 4.79. The van der Waals surface area contributed by atoms with E-state index in [0.717, 1.165) is 22.3 Å². The second-order valence-electron chi connectivity index (χ2n) is 10.1. The first-order valence-corrected chi connectivity index (χ1v) is 11.5. The van der Waals surface area contributed by atoms with Crippen molar-refractivity contribution >= 4 is 18.0 Å². The Hall–Kier alpha value is -3.35. The Labute approximate surface area is 201 Å². The fourth-order valence-electron chi connectivity index (χ4n) is 4.31. The van der Waals surface area contributed by atoms with Crippen LogP contribution in [0.4, 0.5) is 4.79 Å². The highest BCUT2D eigenvalue weighted by atomic mass is 16.5. The number of amides is 2. The van der Waals surface area contributed by atoms with Crippen molar-refractivity contribution in [1.82, 2.24) is 10.2 Å². The number of nitrogens with zero attached hydrogens (tertiary/aromatic N) is 1. The molecule has 0 atom stereocenters. The summed E-state index contributed by atoms with van der Waals surface area (Å²) in [6.45, 7) is 10.2. The van der Waals surface area contributed by atoms with Crippen LogP contribution in [0.2, 0.25) is 0 Å². The van der Waals surface area contributed by atoms with Gasteiger partial charge in [0, 0.05) is 12.0 Å². The molecule has 0 aromatic heterocycles. The van der Waals surface area contributed by atoms with Crippen LogP contribution >= 0.6 is 0 Å². The monoisotopic (exact) mass is 466 g/mol. The minimum absolute atomic E-state index is 0.0668. The molecule has 34 heavy (non-hydrogen) atoms. The Morgan fingerprint density at radius 2 is 1.47 bits per heavy atom. The first kappa shape index (κ1) is 25.3. The summed E-state index contributed by atoms with van der Waals surface area (Å²) in [5.74, 6) is -1.50. The zero-order valence-electron chi connectivity index (χ0n) is 20.7. The van der Waals surface area contributed by atoms with Crippen LogP contribution in [0.25, 0.3) is 11.1 Å². The minimum Gasteiger partial charge on any atom is -0.480 e. The minimum atomic E-state index is -1.09. The van der Waals surface area contributed by atoms with Crippen molar-refractivity contribution in [2.45, 2.75) is 59.0 Å². The maximum absolute atomic E-state index is 13.3. The predicted molar refractivity (Wildman–Crippen MR) is 131 cm³/mol. The number of nitrogens with one attached hydrogen (secondary N) is 1. The van der Waals surface area contributed by atoms with Gasteiger partial charge in [0.15, 0.2) is 0 Å². The van der Waals surface area contributed by atoms with Gasteiger partial charge in [-0.25, -0.2) is 4.79 Å². The molecule has 7 nitrogen and oxygen atoms in total. The summed E-state index contributed by atoms with van der Waals surface area (Å²) in [6.07, 6.45) is -0.623. The molecule has 0 fully saturated rings. The molecule has 1 aliphatic carbocycles. The number of rotatable bonds is 8. The zero-order chi connectivity index (χ0) is 25.3. The smallest absolute Gasteiger partial charge is 0.407 e. The number of carboxylic acid groups (broad SMARTS) is 1. The lowest BCUT2D eigenvalue weighted by molar-refractivity contribution is -0.153. The molecule has 1 aliphatic rings. The SMILES string of the molecule is CC(C)N(CC(=O)O)C(=O)C(C)(C)C(C)(C)NC(=O)OCC1c2ccccc2-c2ccccc21. The number of benzene rings is 2. The summed E-state index contributed by atoms with van der Waals surface area (Å²) in [7, 11) is 0. The largest absolute Gasteiger partial charge is 0.480 e. The molecule has 0 spiro atoms. The quantitative estimate of drug-likeness (QED) is 0.590. The first-order chi connectivity index (χ1) is 15.9. The number of alkyl carbamates (subject to hydrolysis) is 1. The third-order valence-corrected chi connectivity index (χ3v) is 7.05. The number of carbonyl (C=O) groups excluding carboxylic acids is 2. The van der Waals surface area contributed by atoms with Gasteiger partial charge in [-0.3, -0.25) is 9.59 Å². The predicted octanol–water partition coefficient (Wildman–Crippen LogP) is 4.65. The molecule has 2 amide bonds. The molecule has 0 radical (unpaired) electrons. The lowest BCUT2D eigenvalue weighted by Crippen LogP contribution is -2.61. The van der Waals surface area contributed by atoms with Crippen molar-refractivity contribution in [3.8, 4) is 11.1 Å². The van der Waals surface area contributed by atoms with Gasteiger partial charge in [-0.2, -0.15) is 0 Å². The van der Waals surface area contributed by atoms with Gasteiger partial charge in [0.2, 0.25) is 5.91 Å². The van der Waals surface area contributed by atoms with E-state index in [-0.39, 0.29) is 24.5 Å². The van der Waals surface area contributed by atoms with Crippen molar-refractivity contribution < 1.29 is 24.2 Å². The Kier molecular flexibility index (Phi) is 7.05. The molecule has 0 saturated heterocycles. The van der Waals surface area contributed by atoms with E-state index in [4.69, 9.17) is 4.74 Å². The highest BCUT2D eigenvalue weighted by Gasteiger charge is 2.47. The molecular weight excluding hydrogens is 432 g/mol. The van der Waals surface area contributed by atoms with Gasteiger partial charge in [0.05, 0.1) is 11.0 Å². The number of hydrogen-bond acceptors (Lipinski definition) is 4. The Bertz CT molecular complexity index is 1040. The topological polar surface area (TPSA) is 95.9 Å². The second-order valence-corrected chi connectivity index (χ2v) is 10.1. The fourth-order valence-corrected chi connectivity index (χ4v) is 4.31. The highest BCUT2D eigenvalue weighted by molar-refractivity contribution is 5.87. The summed E-state index contributed by atoms with van der Waals surface area (Å²) >= 11 is 0. The number of ether oxygens (including phenoxy) is 1. The van der Waals surface area contributed by atoms with Gasteiger partial charge in [-0.15, -0.1) is 0 Å². The zero-order valence-corrected chi connectivity index (χ0v) is 20.7. The van der Waals surface area contributed by atoms with Crippen molar-refractivity contribution in [3.63, 3.8) is 0 Å². The normalized spacial score (nSPS) is 13.3. The Morgan fingerprint density at radius 1 is 0.971 bits per heavy atom. The van der Waals surface area contributed by atoms with Crippen LogP contribution in [-0.4, -0.2) is 52.7 Å². The molecule has 7 heteroatoms. The van der Waals surface area contributed by atoms with E-state index in [2.05, 4.69) is 29.6 Å². The third-order valence-electron chi connectivity index (χ3n) is 7.05. The number of fused-ring (bicyclic) bond motifs is 3. The first-order valence-electron chi connectivity index (χ1n) is 11.5. The van der Waals surface area contributed by atoms with E-state index in [0.29, 0.717) is 0 Å². The molecule has 0 unspecified atom stereocenters. The maximum Gasteiger partial charge on any atom is 0.407 e. The molecule has 2 aromatic carbocycles. The lowest BCUT2D eigenvalue weighted by atomic mass is 9.73. The van der Waals surface area contributed by atoms with Crippen molar-refractivity contribution in [1.29, 1.82) is 0 Å². The van der Waals surface area contributed by atoms with Gasteiger partial charge in [0.1, 0.15) is 13.2 Å². The van der Waals surface area contributed by atoms with Crippen LogP contribution in [-0.2, 0) is 14.3 Å². The molecule has 182 valence electrons. The summed E-state index contributed by atoms with van der Waals surface area (Å²) in [6, 6.07) is 15.9. The van der Waals surface area contributed by atoms with Gasteiger partial charge in [-0.1, -0.05) is 48.5 Å². The van der Waals surface area contributed by atoms with Crippen LogP contribution in [0.3, 0.4) is 0 Å². The van der Waals surface area contributed by atoms with E-state index in [1.807, 2.05) is 24.3 Å². The van der Waals surface area contributed by atoms with E-state index in [1.165, 1.54) is 4.90 Å². The van der Waals surface area contributed by atoms with Crippen LogP contribution in [0.5, 0.6) is 0 Å². The number of aliphatic carboxylic acids is 1. The Morgan fingerprint density at radius 3 is 1.94 bits per heavy atom. The van der Waals surface area contributed by atoms with E-state index >= 15 is 0 Å². The molecule has 0 bridgehead atoms. The molecule has 3 rings (SSSR count). The van der Waals surface area contributed by atoms with Crippen LogP contribution < -0.4 is 5.32 Å².